The maximum absolute atomic E-state index is 4.55. The molecule has 0 saturated heterocycles. The number of hydrogen-bond acceptors (Lipinski definition) is 6. The first kappa shape index (κ1) is 13.7. The van der Waals surface area contributed by atoms with E-state index in [1.807, 2.05) is 19.0 Å². The van der Waals surface area contributed by atoms with E-state index in [1.54, 1.807) is 23.7 Å². The van der Waals surface area contributed by atoms with Gasteiger partial charge in [0.2, 0.25) is 0 Å². The standard InChI is InChI=1S/C13H19N5S/c1-4-11-17-10(9-19-11)5-6-14-12-13(18(2)3)16-8-7-15-12/h7-9H,4-6H2,1-3H3,(H,14,15). The lowest BCUT2D eigenvalue weighted by molar-refractivity contribution is 0.937. The molecule has 0 amide bonds. The summed E-state index contributed by atoms with van der Waals surface area (Å²) in [6.45, 7) is 2.94. The van der Waals surface area contributed by atoms with Gasteiger partial charge in [-0.2, -0.15) is 0 Å². The van der Waals surface area contributed by atoms with Crippen molar-refractivity contribution >= 4 is 23.0 Å². The van der Waals surface area contributed by atoms with E-state index in [2.05, 4.69) is 32.6 Å². The van der Waals surface area contributed by atoms with Crippen molar-refractivity contribution in [3.8, 4) is 0 Å². The third-order valence-corrected chi connectivity index (χ3v) is 3.72. The molecule has 2 rings (SSSR count). The first-order valence-electron chi connectivity index (χ1n) is 6.36. The SMILES string of the molecule is CCc1nc(CCNc2nccnc2N(C)C)cs1. The Labute approximate surface area is 117 Å². The van der Waals surface area contributed by atoms with Gasteiger partial charge in [-0.25, -0.2) is 15.0 Å². The van der Waals surface area contributed by atoms with Gasteiger partial charge in [-0.15, -0.1) is 11.3 Å². The van der Waals surface area contributed by atoms with Crippen molar-refractivity contribution in [3.05, 3.63) is 28.5 Å². The molecule has 0 fully saturated rings. The number of anilines is 2. The molecule has 0 aliphatic carbocycles. The minimum atomic E-state index is 0.812. The van der Waals surface area contributed by atoms with Crippen LogP contribution in [0.3, 0.4) is 0 Å². The lowest BCUT2D eigenvalue weighted by Crippen LogP contribution is -2.16. The Morgan fingerprint density at radius 1 is 1.26 bits per heavy atom. The first-order valence-corrected chi connectivity index (χ1v) is 7.24. The molecule has 5 nitrogen and oxygen atoms in total. The van der Waals surface area contributed by atoms with Gasteiger partial charge >= 0.3 is 0 Å². The first-order chi connectivity index (χ1) is 9.20. The number of aromatic nitrogens is 3. The summed E-state index contributed by atoms with van der Waals surface area (Å²) in [5, 5.41) is 6.65. The van der Waals surface area contributed by atoms with Gasteiger partial charge < -0.3 is 10.2 Å². The highest BCUT2D eigenvalue weighted by Gasteiger charge is 2.06. The van der Waals surface area contributed by atoms with Crippen molar-refractivity contribution < 1.29 is 0 Å². The Bertz CT molecular complexity index is 523. The van der Waals surface area contributed by atoms with E-state index in [-0.39, 0.29) is 0 Å². The highest BCUT2D eigenvalue weighted by Crippen LogP contribution is 2.17. The van der Waals surface area contributed by atoms with E-state index >= 15 is 0 Å². The second-order valence-electron chi connectivity index (χ2n) is 4.39. The molecule has 0 atom stereocenters. The monoisotopic (exact) mass is 277 g/mol. The van der Waals surface area contributed by atoms with E-state index in [9.17, 15) is 0 Å². The minimum Gasteiger partial charge on any atom is -0.367 e. The van der Waals surface area contributed by atoms with Crippen molar-refractivity contribution in [2.75, 3.05) is 30.9 Å². The fourth-order valence-electron chi connectivity index (χ4n) is 1.72. The summed E-state index contributed by atoms with van der Waals surface area (Å²) in [7, 11) is 3.92. The summed E-state index contributed by atoms with van der Waals surface area (Å²) < 4.78 is 0. The number of nitrogens with zero attached hydrogens (tertiary/aromatic N) is 4. The zero-order chi connectivity index (χ0) is 13.7. The molecular formula is C13H19N5S. The molecule has 6 heteroatoms. The number of aryl methyl sites for hydroxylation is 1. The van der Waals surface area contributed by atoms with Crippen molar-refractivity contribution in [3.63, 3.8) is 0 Å². The summed E-state index contributed by atoms with van der Waals surface area (Å²) in [5.41, 5.74) is 1.14. The fourth-order valence-corrected chi connectivity index (χ4v) is 2.50. The van der Waals surface area contributed by atoms with Crippen LogP contribution >= 0.6 is 11.3 Å². The van der Waals surface area contributed by atoms with Gasteiger partial charge in [0.1, 0.15) is 0 Å². The van der Waals surface area contributed by atoms with Crippen LogP contribution in [0, 0.1) is 0 Å². The molecular weight excluding hydrogens is 258 g/mol. The average Bonchev–Trinajstić information content (AvgIpc) is 2.87. The topological polar surface area (TPSA) is 53.9 Å². The van der Waals surface area contributed by atoms with E-state index in [0.29, 0.717) is 0 Å². The fraction of sp³-hybridized carbons (Fsp3) is 0.462. The maximum atomic E-state index is 4.55. The molecule has 0 spiro atoms. The molecule has 0 radical (unpaired) electrons. The molecule has 1 N–H and O–H groups in total. The summed E-state index contributed by atoms with van der Waals surface area (Å²) in [6, 6.07) is 0. The molecule has 0 aromatic carbocycles. The Kier molecular flexibility index (Phi) is 4.68. The summed E-state index contributed by atoms with van der Waals surface area (Å²) in [4.78, 5) is 15.1. The second-order valence-corrected chi connectivity index (χ2v) is 5.33. The van der Waals surface area contributed by atoms with E-state index in [1.165, 1.54) is 5.01 Å². The Morgan fingerprint density at radius 2 is 2.05 bits per heavy atom. The zero-order valence-corrected chi connectivity index (χ0v) is 12.4. The minimum absolute atomic E-state index is 0.812. The second kappa shape index (κ2) is 6.47. The van der Waals surface area contributed by atoms with Crippen molar-refractivity contribution in [1.29, 1.82) is 0 Å². The van der Waals surface area contributed by atoms with Crippen LogP contribution in [0.25, 0.3) is 0 Å². The van der Waals surface area contributed by atoms with Crippen LogP contribution in [0.2, 0.25) is 0 Å². The van der Waals surface area contributed by atoms with Gasteiger partial charge in [-0.1, -0.05) is 6.92 Å². The lowest BCUT2D eigenvalue weighted by Gasteiger charge is -2.15. The summed E-state index contributed by atoms with van der Waals surface area (Å²) in [5.74, 6) is 1.67. The van der Waals surface area contributed by atoms with Gasteiger partial charge in [0, 0.05) is 44.8 Å². The predicted molar refractivity (Wildman–Crippen MR) is 80.0 cm³/mol. The van der Waals surface area contributed by atoms with Crippen LogP contribution in [-0.4, -0.2) is 35.6 Å². The maximum Gasteiger partial charge on any atom is 0.171 e. The molecule has 0 aliphatic rings. The van der Waals surface area contributed by atoms with Gasteiger partial charge in [-0.05, 0) is 6.42 Å². The van der Waals surface area contributed by atoms with Gasteiger partial charge in [0.25, 0.3) is 0 Å². The molecule has 2 aromatic rings. The number of nitrogens with one attached hydrogen (secondary N) is 1. The highest BCUT2D eigenvalue weighted by atomic mass is 32.1. The van der Waals surface area contributed by atoms with Gasteiger partial charge in [0.15, 0.2) is 11.6 Å². The highest BCUT2D eigenvalue weighted by molar-refractivity contribution is 7.09. The lowest BCUT2D eigenvalue weighted by atomic mass is 10.3. The van der Waals surface area contributed by atoms with Crippen LogP contribution in [0.4, 0.5) is 11.6 Å². The average molecular weight is 277 g/mol. The number of thiazole rings is 1. The van der Waals surface area contributed by atoms with Crippen LogP contribution in [0.1, 0.15) is 17.6 Å². The third-order valence-electron chi connectivity index (χ3n) is 2.68. The molecule has 102 valence electrons. The quantitative estimate of drug-likeness (QED) is 0.877. The molecule has 2 aromatic heterocycles. The van der Waals surface area contributed by atoms with Crippen molar-refractivity contribution in [1.82, 2.24) is 15.0 Å². The summed E-state index contributed by atoms with van der Waals surface area (Å²) >= 11 is 1.73. The van der Waals surface area contributed by atoms with E-state index in [0.717, 1.165) is 36.7 Å². The van der Waals surface area contributed by atoms with Crippen LogP contribution in [-0.2, 0) is 12.8 Å². The third kappa shape index (κ3) is 3.64. The molecule has 0 unspecified atom stereocenters. The van der Waals surface area contributed by atoms with E-state index in [4.69, 9.17) is 0 Å². The van der Waals surface area contributed by atoms with Crippen LogP contribution in [0.15, 0.2) is 17.8 Å². The smallest absolute Gasteiger partial charge is 0.171 e. The van der Waals surface area contributed by atoms with Crippen molar-refractivity contribution in [2.45, 2.75) is 19.8 Å². The zero-order valence-electron chi connectivity index (χ0n) is 11.6. The number of hydrogen-bond donors (Lipinski definition) is 1. The molecule has 0 saturated carbocycles. The summed E-state index contributed by atoms with van der Waals surface area (Å²) in [6.07, 6.45) is 5.31. The molecule has 0 bridgehead atoms. The van der Waals surface area contributed by atoms with Gasteiger partial charge in [0.05, 0.1) is 10.7 Å². The molecule has 0 aliphatic heterocycles. The normalized spacial score (nSPS) is 10.5. The van der Waals surface area contributed by atoms with Crippen LogP contribution in [0.5, 0.6) is 0 Å². The molecule has 2 heterocycles. The van der Waals surface area contributed by atoms with Gasteiger partial charge in [-0.3, -0.25) is 0 Å². The van der Waals surface area contributed by atoms with Crippen molar-refractivity contribution in [2.24, 2.45) is 0 Å². The predicted octanol–water partition coefficient (Wildman–Crippen LogP) is 2.22. The Hall–Kier alpha value is -1.69. The Balaban J connectivity index is 1.92. The largest absolute Gasteiger partial charge is 0.367 e. The van der Waals surface area contributed by atoms with Crippen LogP contribution < -0.4 is 10.2 Å². The Morgan fingerprint density at radius 3 is 2.74 bits per heavy atom. The molecule has 19 heavy (non-hydrogen) atoms. The number of rotatable bonds is 6. The van der Waals surface area contributed by atoms with E-state index < -0.39 is 0 Å².